The molecular weight excluding hydrogens is 291 g/mol. The van der Waals surface area contributed by atoms with Gasteiger partial charge in [-0.05, 0) is 35.9 Å². The number of pyridine rings is 1. The van der Waals surface area contributed by atoms with Gasteiger partial charge < -0.3 is 5.32 Å². The number of aromatic nitrogens is 1. The van der Waals surface area contributed by atoms with E-state index in [1.54, 1.807) is 12.3 Å². The molecule has 0 bridgehead atoms. The van der Waals surface area contributed by atoms with Crippen molar-refractivity contribution in [2.45, 2.75) is 6.54 Å². The number of nitrogens with one attached hydrogen (secondary N) is 1. The first-order valence-electron chi connectivity index (χ1n) is 6.25. The summed E-state index contributed by atoms with van der Waals surface area (Å²) >= 11 is 12.2. The Morgan fingerprint density at radius 2 is 1.90 bits per heavy atom. The minimum absolute atomic E-state index is 0.577. The Kier molecular flexibility index (Phi) is 3.77. The van der Waals surface area contributed by atoms with Crippen LogP contribution in [0.3, 0.4) is 0 Å². The largest absolute Gasteiger partial charge is 0.381 e. The Morgan fingerprint density at radius 3 is 2.80 bits per heavy atom. The predicted octanol–water partition coefficient (Wildman–Crippen LogP) is 5.15. The van der Waals surface area contributed by atoms with Crippen LogP contribution in [0.4, 0.5) is 5.69 Å². The summed E-state index contributed by atoms with van der Waals surface area (Å²) in [5.74, 6) is 0. The first-order chi connectivity index (χ1) is 9.74. The van der Waals surface area contributed by atoms with Crippen LogP contribution in [0.25, 0.3) is 10.9 Å². The van der Waals surface area contributed by atoms with Crippen molar-refractivity contribution in [2.75, 3.05) is 5.32 Å². The Hall–Kier alpha value is -1.77. The maximum atomic E-state index is 6.17. The number of fused-ring (bicyclic) bond motifs is 1. The third-order valence-electron chi connectivity index (χ3n) is 3.12. The van der Waals surface area contributed by atoms with E-state index in [1.807, 2.05) is 36.4 Å². The normalized spacial score (nSPS) is 10.7. The molecule has 4 heteroatoms. The summed E-state index contributed by atoms with van der Waals surface area (Å²) < 4.78 is 0. The van der Waals surface area contributed by atoms with E-state index in [4.69, 9.17) is 23.2 Å². The molecule has 0 atom stereocenters. The van der Waals surface area contributed by atoms with Gasteiger partial charge in [-0.15, -0.1) is 0 Å². The first-order valence-corrected chi connectivity index (χ1v) is 7.01. The van der Waals surface area contributed by atoms with E-state index in [0.29, 0.717) is 16.6 Å². The van der Waals surface area contributed by atoms with E-state index in [-0.39, 0.29) is 0 Å². The van der Waals surface area contributed by atoms with Gasteiger partial charge in [0.1, 0.15) is 0 Å². The molecule has 100 valence electrons. The lowest BCUT2D eigenvalue weighted by Gasteiger charge is -2.09. The van der Waals surface area contributed by atoms with E-state index in [1.165, 1.54) is 0 Å². The van der Waals surface area contributed by atoms with E-state index < -0.39 is 0 Å². The minimum atomic E-state index is 0.577. The molecule has 0 amide bonds. The van der Waals surface area contributed by atoms with Crippen molar-refractivity contribution < 1.29 is 0 Å². The van der Waals surface area contributed by atoms with Gasteiger partial charge in [0.05, 0.1) is 15.6 Å². The van der Waals surface area contributed by atoms with Crippen LogP contribution in [-0.4, -0.2) is 4.98 Å². The molecule has 0 aliphatic rings. The second-order valence-corrected chi connectivity index (χ2v) is 5.26. The number of anilines is 1. The molecule has 3 aromatic rings. The van der Waals surface area contributed by atoms with Gasteiger partial charge in [0.25, 0.3) is 0 Å². The highest BCUT2D eigenvalue weighted by Gasteiger charge is 2.04. The minimum Gasteiger partial charge on any atom is -0.381 e. The zero-order valence-corrected chi connectivity index (χ0v) is 12.1. The van der Waals surface area contributed by atoms with Crippen molar-refractivity contribution in [2.24, 2.45) is 0 Å². The number of benzene rings is 2. The van der Waals surface area contributed by atoms with Crippen LogP contribution in [0, 0.1) is 0 Å². The third-order valence-corrected chi connectivity index (χ3v) is 3.98. The molecule has 3 rings (SSSR count). The molecule has 0 radical (unpaired) electrons. The molecule has 0 aliphatic carbocycles. The maximum Gasteiger partial charge on any atom is 0.0703 e. The number of hydrogen-bond acceptors (Lipinski definition) is 2. The van der Waals surface area contributed by atoms with E-state index in [9.17, 15) is 0 Å². The highest BCUT2D eigenvalue weighted by molar-refractivity contribution is 6.42. The fraction of sp³-hybridized carbons (Fsp3) is 0.0625. The van der Waals surface area contributed by atoms with Crippen LogP contribution in [0.2, 0.25) is 10.0 Å². The van der Waals surface area contributed by atoms with E-state index >= 15 is 0 Å². The summed E-state index contributed by atoms with van der Waals surface area (Å²) in [5, 5.41) is 5.63. The van der Waals surface area contributed by atoms with Gasteiger partial charge in [-0.2, -0.15) is 0 Å². The fourth-order valence-electron chi connectivity index (χ4n) is 2.07. The molecule has 2 aromatic carbocycles. The second-order valence-electron chi connectivity index (χ2n) is 4.48. The summed E-state index contributed by atoms with van der Waals surface area (Å²) in [6, 6.07) is 15.7. The zero-order chi connectivity index (χ0) is 13.9. The highest BCUT2D eigenvalue weighted by atomic mass is 35.5. The van der Waals surface area contributed by atoms with Gasteiger partial charge in [-0.1, -0.05) is 41.4 Å². The number of nitrogens with zero attached hydrogens (tertiary/aromatic N) is 1. The van der Waals surface area contributed by atoms with Crippen LogP contribution >= 0.6 is 23.2 Å². The quantitative estimate of drug-likeness (QED) is 0.723. The van der Waals surface area contributed by atoms with Gasteiger partial charge in [0, 0.05) is 23.8 Å². The van der Waals surface area contributed by atoms with Gasteiger partial charge >= 0.3 is 0 Å². The van der Waals surface area contributed by atoms with Crippen LogP contribution < -0.4 is 5.32 Å². The molecule has 0 spiro atoms. The average molecular weight is 303 g/mol. The van der Waals surface area contributed by atoms with Crippen molar-refractivity contribution in [1.29, 1.82) is 0 Å². The summed E-state index contributed by atoms with van der Waals surface area (Å²) in [5.41, 5.74) is 2.99. The summed E-state index contributed by atoms with van der Waals surface area (Å²) in [4.78, 5) is 4.30. The van der Waals surface area contributed by atoms with Gasteiger partial charge in [0.2, 0.25) is 0 Å². The van der Waals surface area contributed by atoms with Crippen molar-refractivity contribution in [3.05, 3.63) is 70.3 Å². The molecule has 0 saturated heterocycles. The van der Waals surface area contributed by atoms with Crippen LogP contribution in [0.15, 0.2) is 54.7 Å². The van der Waals surface area contributed by atoms with Crippen molar-refractivity contribution in [3.8, 4) is 0 Å². The highest BCUT2D eigenvalue weighted by Crippen LogP contribution is 2.26. The molecular formula is C16H12Cl2N2. The Labute approximate surface area is 127 Å². The smallest absolute Gasteiger partial charge is 0.0703 e. The molecule has 1 heterocycles. The van der Waals surface area contributed by atoms with Gasteiger partial charge in [-0.3, -0.25) is 4.98 Å². The molecule has 0 aliphatic heterocycles. The molecule has 1 N–H and O–H groups in total. The number of halogens is 2. The molecule has 0 saturated carbocycles. The Bertz CT molecular complexity index is 756. The van der Waals surface area contributed by atoms with Gasteiger partial charge in [0.15, 0.2) is 0 Å². The topological polar surface area (TPSA) is 24.9 Å². The molecule has 2 nitrogen and oxygen atoms in total. The van der Waals surface area contributed by atoms with Crippen molar-refractivity contribution >= 4 is 39.8 Å². The van der Waals surface area contributed by atoms with Gasteiger partial charge in [-0.25, -0.2) is 0 Å². The van der Waals surface area contributed by atoms with E-state index in [0.717, 1.165) is 22.2 Å². The van der Waals surface area contributed by atoms with E-state index in [2.05, 4.69) is 16.4 Å². The number of hydrogen-bond donors (Lipinski definition) is 1. The molecule has 1 aromatic heterocycles. The van der Waals surface area contributed by atoms with Crippen LogP contribution in [0.5, 0.6) is 0 Å². The average Bonchev–Trinajstić information content (AvgIpc) is 2.48. The summed E-state index contributed by atoms with van der Waals surface area (Å²) in [6.45, 7) is 0.630. The summed E-state index contributed by atoms with van der Waals surface area (Å²) in [6.07, 6.45) is 1.79. The third kappa shape index (κ3) is 2.72. The zero-order valence-electron chi connectivity index (χ0n) is 10.6. The maximum absolute atomic E-state index is 6.17. The fourth-order valence-corrected chi connectivity index (χ4v) is 2.45. The van der Waals surface area contributed by atoms with Crippen molar-refractivity contribution in [1.82, 2.24) is 4.98 Å². The van der Waals surface area contributed by atoms with Crippen LogP contribution in [-0.2, 0) is 6.54 Å². The molecule has 0 fully saturated rings. The first kappa shape index (κ1) is 13.2. The molecule has 0 unspecified atom stereocenters. The monoisotopic (exact) mass is 302 g/mol. The van der Waals surface area contributed by atoms with Crippen molar-refractivity contribution in [3.63, 3.8) is 0 Å². The lowest BCUT2D eigenvalue weighted by molar-refractivity contribution is 1.15. The lowest BCUT2D eigenvalue weighted by Crippen LogP contribution is -2.00. The summed E-state index contributed by atoms with van der Waals surface area (Å²) in [7, 11) is 0. The second kappa shape index (κ2) is 5.70. The molecule has 20 heavy (non-hydrogen) atoms. The SMILES string of the molecule is Clc1cccc(CNc2ccc3ncccc3c2)c1Cl. The standard InChI is InChI=1S/C16H12Cl2N2/c17-14-5-1-3-12(16(14)18)10-20-13-6-7-15-11(9-13)4-2-8-19-15/h1-9,20H,10H2. The predicted molar refractivity (Wildman–Crippen MR) is 85.5 cm³/mol. The lowest BCUT2D eigenvalue weighted by atomic mass is 10.2. The Morgan fingerprint density at radius 1 is 1.00 bits per heavy atom. The Balaban J connectivity index is 1.81. The van der Waals surface area contributed by atoms with Crippen LogP contribution in [0.1, 0.15) is 5.56 Å². The number of rotatable bonds is 3.